The van der Waals surface area contributed by atoms with E-state index in [4.69, 9.17) is 10.5 Å². The van der Waals surface area contributed by atoms with E-state index < -0.39 is 5.82 Å². The van der Waals surface area contributed by atoms with Crippen molar-refractivity contribution >= 4 is 23.1 Å². The van der Waals surface area contributed by atoms with Gasteiger partial charge in [-0.1, -0.05) is 12.2 Å². The van der Waals surface area contributed by atoms with Gasteiger partial charge in [0.1, 0.15) is 16.6 Å². The second-order valence-corrected chi connectivity index (χ2v) is 4.00. The molecule has 0 atom stereocenters. The molecule has 18 heavy (non-hydrogen) atoms. The molecule has 0 spiro atoms. The number of ether oxygens (including phenoxy) is 1. The molecule has 0 radical (unpaired) electrons. The molecule has 1 rings (SSSR count). The number of thiocarbonyl (C=S) groups is 1. The molecule has 3 N–H and O–H groups in total. The van der Waals surface area contributed by atoms with Gasteiger partial charge in [-0.3, -0.25) is 4.79 Å². The molecule has 0 aliphatic rings. The zero-order chi connectivity index (χ0) is 13.5. The van der Waals surface area contributed by atoms with E-state index >= 15 is 0 Å². The maximum Gasteiger partial charge on any atom is 0.223 e. The van der Waals surface area contributed by atoms with Crippen LogP contribution in [0.25, 0.3) is 0 Å². The molecule has 0 saturated carbocycles. The minimum absolute atomic E-state index is 0.00127. The molecule has 0 saturated heterocycles. The Morgan fingerprint density at radius 3 is 2.83 bits per heavy atom. The molecular weight excluding hydrogens is 255 g/mol. The Kier molecular flexibility index (Phi) is 5.51. The van der Waals surface area contributed by atoms with Gasteiger partial charge in [0, 0.05) is 18.2 Å². The van der Waals surface area contributed by atoms with Crippen molar-refractivity contribution in [3.63, 3.8) is 0 Å². The lowest BCUT2D eigenvalue weighted by Gasteiger charge is -2.07. The number of amides is 1. The van der Waals surface area contributed by atoms with Crippen LogP contribution in [0.4, 0.5) is 4.39 Å². The average molecular weight is 270 g/mol. The first-order chi connectivity index (χ1) is 8.54. The quantitative estimate of drug-likeness (QED) is 0.766. The molecule has 0 aliphatic carbocycles. The first kappa shape index (κ1) is 14.4. The van der Waals surface area contributed by atoms with Crippen LogP contribution in [0.1, 0.15) is 18.9 Å². The highest BCUT2D eigenvalue weighted by atomic mass is 32.1. The van der Waals surface area contributed by atoms with Gasteiger partial charge in [-0.2, -0.15) is 0 Å². The molecule has 0 aliphatic heterocycles. The Morgan fingerprint density at radius 2 is 2.28 bits per heavy atom. The Morgan fingerprint density at radius 1 is 1.56 bits per heavy atom. The van der Waals surface area contributed by atoms with Crippen LogP contribution in [0.15, 0.2) is 18.2 Å². The number of rotatable bonds is 6. The molecule has 0 heterocycles. The number of carbonyl (C=O) groups excluding carboxylic acids is 1. The summed E-state index contributed by atoms with van der Waals surface area (Å²) in [7, 11) is 0. The van der Waals surface area contributed by atoms with E-state index in [1.54, 1.807) is 6.07 Å². The van der Waals surface area contributed by atoms with Crippen molar-refractivity contribution in [1.82, 2.24) is 5.32 Å². The summed E-state index contributed by atoms with van der Waals surface area (Å²) in [5.41, 5.74) is 5.52. The van der Waals surface area contributed by atoms with Crippen LogP contribution in [-0.2, 0) is 4.79 Å². The zero-order valence-corrected chi connectivity index (χ0v) is 10.8. The van der Waals surface area contributed by atoms with Crippen LogP contribution in [0.5, 0.6) is 5.75 Å². The van der Waals surface area contributed by atoms with Crippen molar-refractivity contribution in [2.75, 3.05) is 13.2 Å². The van der Waals surface area contributed by atoms with Crippen LogP contribution in [0.3, 0.4) is 0 Å². The Bertz CT molecular complexity index is 452. The predicted molar refractivity (Wildman–Crippen MR) is 71.1 cm³/mol. The molecule has 0 bridgehead atoms. The molecule has 0 fully saturated rings. The molecule has 6 heteroatoms. The van der Waals surface area contributed by atoms with Crippen LogP contribution < -0.4 is 15.8 Å². The second-order valence-electron chi connectivity index (χ2n) is 3.56. The Balaban J connectivity index is 2.51. The molecule has 1 aromatic carbocycles. The van der Waals surface area contributed by atoms with Crippen molar-refractivity contribution in [1.29, 1.82) is 0 Å². The highest BCUT2D eigenvalue weighted by Gasteiger charge is 2.07. The van der Waals surface area contributed by atoms with Crippen LogP contribution in [0.2, 0.25) is 0 Å². The highest BCUT2D eigenvalue weighted by molar-refractivity contribution is 7.80. The van der Waals surface area contributed by atoms with Crippen molar-refractivity contribution in [2.45, 2.75) is 13.3 Å². The Hall–Kier alpha value is -1.69. The summed E-state index contributed by atoms with van der Waals surface area (Å²) < 4.78 is 18.7. The third-order valence-electron chi connectivity index (χ3n) is 2.18. The van der Waals surface area contributed by atoms with Gasteiger partial charge in [-0.25, -0.2) is 4.39 Å². The second kappa shape index (κ2) is 6.90. The Labute approximate surface area is 110 Å². The van der Waals surface area contributed by atoms with Gasteiger partial charge in [0.25, 0.3) is 0 Å². The molecule has 0 aromatic heterocycles. The molecule has 0 unspecified atom stereocenters. The molecular formula is C12H15FN2O2S. The first-order valence-corrected chi connectivity index (χ1v) is 5.94. The molecule has 1 amide bonds. The summed E-state index contributed by atoms with van der Waals surface area (Å²) in [6.45, 7) is 2.61. The maximum atomic E-state index is 13.5. The van der Waals surface area contributed by atoms with E-state index in [1.807, 2.05) is 6.92 Å². The molecule has 4 nitrogen and oxygen atoms in total. The normalized spacial score (nSPS) is 9.89. The summed E-state index contributed by atoms with van der Waals surface area (Å²) in [4.78, 5) is 11.1. The van der Waals surface area contributed by atoms with E-state index in [0.29, 0.717) is 12.3 Å². The summed E-state index contributed by atoms with van der Waals surface area (Å²) in [5.74, 6) is -0.285. The van der Waals surface area contributed by atoms with Gasteiger partial charge in [-0.15, -0.1) is 0 Å². The van der Waals surface area contributed by atoms with Crippen molar-refractivity contribution in [3.05, 3.63) is 29.6 Å². The van der Waals surface area contributed by atoms with Crippen LogP contribution in [0, 0.1) is 5.82 Å². The van der Waals surface area contributed by atoms with Gasteiger partial charge in [0.2, 0.25) is 5.91 Å². The first-order valence-electron chi connectivity index (χ1n) is 5.53. The standard InChI is InChI=1S/C12H15FN2O2S/c1-2-15-11(16)5-6-17-8-3-4-9(12(14)18)10(13)7-8/h3-4,7H,2,5-6H2,1H3,(H2,14,18)(H,15,16). The third-order valence-corrected chi connectivity index (χ3v) is 2.40. The van der Waals surface area contributed by atoms with E-state index in [-0.39, 0.29) is 29.5 Å². The monoisotopic (exact) mass is 270 g/mol. The molecule has 1 aromatic rings. The van der Waals surface area contributed by atoms with Gasteiger partial charge in [0.05, 0.1) is 13.0 Å². The summed E-state index contributed by atoms with van der Waals surface area (Å²) in [6.07, 6.45) is 0.229. The lowest BCUT2D eigenvalue weighted by molar-refractivity contribution is -0.121. The van der Waals surface area contributed by atoms with Gasteiger partial charge < -0.3 is 15.8 Å². The third kappa shape index (κ3) is 4.29. The van der Waals surface area contributed by atoms with Crippen LogP contribution in [-0.4, -0.2) is 24.0 Å². The SMILES string of the molecule is CCNC(=O)CCOc1ccc(C(N)=S)c(F)c1. The summed E-state index contributed by atoms with van der Waals surface area (Å²) in [5, 5.41) is 2.64. The number of hydrogen-bond acceptors (Lipinski definition) is 3. The van der Waals surface area contributed by atoms with E-state index in [2.05, 4.69) is 17.5 Å². The lowest BCUT2D eigenvalue weighted by atomic mass is 10.2. The number of nitrogens with two attached hydrogens (primary N) is 1. The fourth-order valence-electron chi connectivity index (χ4n) is 1.33. The smallest absolute Gasteiger partial charge is 0.223 e. The minimum Gasteiger partial charge on any atom is -0.493 e. The van der Waals surface area contributed by atoms with Gasteiger partial charge >= 0.3 is 0 Å². The van der Waals surface area contributed by atoms with Crippen molar-refractivity contribution in [3.8, 4) is 5.75 Å². The minimum atomic E-state index is -0.530. The lowest BCUT2D eigenvalue weighted by Crippen LogP contribution is -2.24. The zero-order valence-electron chi connectivity index (χ0n) is 10.0. The van der Waals surface area contributed by atoms with Crippen molar-refractivity contribution < 1.29 is 13.9 Å². The van der Waals surface area contributed by atoms with E-state index in [9.17, 15) is 9.18 Å². The number of hydrogen-bond donors (Lipinski definition) is 2. The van der Waals surface area contributed by atoms with Crippen LogP contribution >= 0.6 is 12.2 Å². The van der Waals surface area contributed by atoms with Gasteiger partial charge in [-0.05, 0) is 19.1 Å². The maximum absolute atomic E-state index is 13.5. The number of benzene rings is 1. The fraction of sp³-hybridized carbons (Fsp3) is 0.333. The fourth-order valence-corrected chi connectivity index (χ4v) is 1.50. The van der Waals surface area contributed by atoms with Crippen molar-refractivity contribution in [2.24, 2.45) is 5.73 Å². The summed E-state index contributed by atoms with van der Waals surface area (Å²) in [6, 6.07) is 4.22. The van der Waals surface area contributed by atoms with Gasteiger partial charge in [0.15, 0.2) is 0 Å². The van der Waals surface area contributed by atoms with E-state index in [0.717, 1.165) is 0 Å². The highest BCUT2D eigenvalue weighted by Crippen LogP contribution is 2.16. The van der Waals surface area contributed by atoms with E-state index in [1.165, 1.54) is 12.1 Å². The predicted octanol–water partition coefficient (Wildman–Crippen LogP) is 1.36. The summed E-state index contributed by atoms with van der Waals surface area (Å²) >= 11 is 4.69. The topological polar surface area (TPSA) is 64.3 Å². The number of halogens is 1. The largest absolute Gasteiger partial charge is 0.493 e. The number of carbonyl (C=O) groups is 1. The number of nitrogens with one attached hydrogen (secondary N) is 1. The average Bonchev–Trinajstić information content (AvgIpc) is 2.29. The molecule has 98 valence electrons.